The maximum atomic E-state index is 12.7. The summed E-state index contributed by atoms with van der Waals surface area (Å²) >= 11 is 0. The van der Waals surface area contributed by atoms with Gasteiger partial charge in [-0.1, -0.05) is 44.2 Å². The summed E-state index contributed by atoms with van der Waals surface area (Å²) in [6.07, 6.45) is 0. The van der Waals surface area contributed by atoms with E-state index in [0.717, 1.165) is 5.56 Å². The van der Waals surface area contributed by atoms with Crippen molar-refractivity contribution in [1.82, 2.24) is 5.32 Å². The van der Waals surface area contributed by atoms with E-state index in [1.807, 2.05) is 39.0 Å². The Kier molecular flexibility index (Phi) is 5.49. The molecule has 0 radical (unpaired) electrons. The van der Waals surface area contributed by atoms with Crippen LogP contribution in [0, 0.1) is 24.2 Å². The third-order valence-corrected chi connectivity index (χ3v) is 3.92. The van der Waals surface area contributed by atoms with Gasteiger partial charge in [0.1, 0.15) is 0 Å². The van der Waals surface area contributed by atoms with E-state index in [2.05, 4.69) is 5.32 Å². The summed E-state index contributed by atoms with van der Waals surface area (Å²) in [5.41, 5.74) is 2.41. The van der Waals surface area contributed by atoms with Gasteiger partial charge in [0.15, 0.2) is 5.78 Å². The van der Waals surface area contributed by atoms with Crippen molar-refractivity contribution in [2.45, 2.75) is 26.8 Å². The lowest BCUT2D eigenvalue weighted by atomic mass is 9.94. The molecule has 0 aliphatic carbocycles. The number of nitriles is 1. The summed E-state index contributed by atoms with van der Waals surface area (Å²) in [7, 11) is 0. The second-order valence-corrected chi connectivity index (χ2v) is 6.06. The van der Waals surface area contributed by atoms with E-state index >= 15 is 0 Å². The molecule has 1 unspecified atom stereocenters. The number of nitrogens with one attached hydrogen (secondary N) is 1. The number of aryl methyl sites for hydroxylation is 1. The largest absolute Gasteiger partial charge is 0.342 e. The van der Waals surface area contributed by atoms with E-state index in [-0.39, 0.29) is 17.6 Å². The molecule has 0 aliphatic heterocycles. The highest BCUT2D eigenvalue weighted by Gasteiger charge is 2.26. The zero-order valence-corrected chi connectivity index (χ0v) is 14.0. The molecule has 4 nitrogen and oxygen atoms in total. The second kappa shape index (κ2) is 7.56. The van der Waals surface area contributed by atoms with Crippen molar-refractivity contribution in [2.75, 3.05) is 0 Å². The van der Waals surface area contributed by atoms with E-state index in [1.54, 1.807) is 36.4 Å². The maximum Gasteiger partial charge on any atom is 0.252 e. The van der Waals surface area contributed by atoms with Gasteiger partial charge in [0, 0.05) is 11.1 Å². The molecule has 0 fully saturated rings. The number of nitrogens with zero attached hydrogens (tertiary/aromatic N) is 1. The van der Waals surface area contributed by atoms with Crippen molar-refractivity contribution >= 4 is 11.7 Å². The summed E-state index contributed by atoms with van der Waals surface area (Å²) in [5, 5.41) is 11.7. The van der Waals surface area contributed by atoms with Crippen LogP contribution in [0.4, 0.5) is 0 Å². The van der Waals surface area contributed by atoms with Crippen LogP contribution < -0.4 is 5.32 Å². The fourth-order valence-electron chi connectivity index (χ4n) is 2.47. The molecular formula is C20H20N2O2. The number of Topliss-reactive ketones (excluding diaryl/α,β-unsaturated/α-hetero) is 1. The summed E-state index contributed by atoms with van der Waals surface area (Å²) < 4.78 is 0. The van der Waals surface area contributed by atoms with Crippen LogP contribution in [0.15, 0.2) is 48.5 Å². The van der Waals surface area contributed by atoms with Crippen LogP contribution in [-0.2, 0) is 0 Å². The number of carbonyl (C=O) groups is 2. The van der Waals surface area contributed by atoms with Crippen molar-refractivity contribution < 1.29 is 9.59 Å². The van der Waals surface area contributed by atoms with Gasteiger partial charge in [-0.25, -0.2) is 0 Å². The topological polar surface area (TPSA) is 70.0 Å². The van der Waals surface area contributed by atoms with Crippen LogP contribution in [0.2, 0.25) is 0 Å². The first-order valence-electron chi connectivity index (χ1n) is 7.85. The molecule has 2 aromatic carbocycles. The molecule has 1 amide bonds. The van der Waals surface area contributed by atoms with Gasteiger partial charge in [-0.05, 0) is 36.6 Å². The molecule has 122 valence electrons. The lowest BCUT2D eigenvalue weighted by Gasteiger charge is -2.22. The van der Waals surface area contributed by atoms with Gasteiger partial charge in [-0.2, -0.15) is 5.26 Å². The van der Waals surface area contributed by atoms with E-state index in [1.165, 1.54) is 0 Å². The minimum atomic E-state index is -0.620. The molecule has 2 aromatic rings. The molecule has 0 heterocycles. The lowest BCUT2D eigenvalue weighted by molar-refractivity contribution is 0.0831. The molecule has 24 heavy (non-hydrogen) atoms. The number of benzene rings is 2. The van der Waals surface area contributed by atoms with Gasteiger partial charge in [-0.3, -0.25) is 9.59 Å². The molecule has 0 aromatic heterocycles. The van der Waals surface area contributed by atoms with Crippen LogP contribution in [0.5, 0.6) is 0 Å². The minimum absolute atomic E-state index is 0.0545. The van der Waals surface area contributed by atoms with Gasteiger partial charge in [-0.15, -0.1) is 0 Å². The Bertz CT molecular complexity index is 786. The Morgan fingerprint density at radius 3 is 2.21 bits per heavy atom. The molecule has 0 aliphatic rings. The number of hydrogen-bond donors (Lipinski definition) is 1. The molecule has 1 N–H and O–H groups in total. The minimum Gasteiger partial charge on any atom is -0.342 e. The van der Waals surface area contributed by atoms with Crippen molar-refractivity contribution in [2.24, 2.45) is 5.92 Å². The molecule has 0 spiro atoms. The molecule has 0 saturated carbocycles. The third kappa shape index (κ3) is 3.88. The molecule has 0 saturated heterocycles. The highest BCUT2D eigenvalue weighted by atomic mass is 16.2. The molecule has 0 bridgehead atoms. The van der Waals surface area contributed by atoms with Crippen LogP contribution >= 0.6 is 0 Å². The fraction of sp³-hybridized carbons (Fsp3) is 0.250. The Morgan fingerprint density at radius 1 is 1.04 bits per heavy atom. The quantitative estimate of drug-likeness (QED) is 0.857. The number of amides is 1. The summed E-state index contributed by atoms with van der Waals surface area (Å²) in [4.78, 5) is 25.3. The van der Waals surface area contributed by atoms with Crippen molar-refractivity contribution in [3.8, 4) is 6.07 Å². The van der Waals surface area contributed by atoms with Gasteiger partial charge >= 0.3 is 0 Å². The Labute approximate surface area is 142 Å². The van der Waals surface area contributed by atoms with Gasteiger partial charge in [0.05, 0.1) is 17.7 Å². The summed E-state index contributed by atoms with van der Waals surface area (Å²) in [6, 6.07) is 15.1. The Balaban J connectivity index is 2.23. The third-order valence-electron chi connectivity index (χ3n) is 3.92. The highest BCUT2D eigenvalue weighted by Crippen LogP contribution is 2.14. The maximum absolute atomic E-state index is 12.7. The van der Waals surface area contributed by atoms with E-state index in [9.17, 15) is 9.59 Å². The van der Waals surface area contributed by atoms with Crippen LogP contribution in [-0.4, -0.2) is 17.7 Å². The monoisotopic (exact) mass is 320 g/mol. The summed E-state index contributed by atoms with van der Waals surface area (Å²) in [5.74, 6) is -0.466. The SMILES string of the molecule is Cc1ccccc1C(=O)NC(C(=O)c1ccc(C#N)cc1)C(C)C. The van der Waals surface area contributed by atoms with Gasteiger partial charge < -0.3 is 5.32 Å². The Morgan fingerprint density at radius 2 is 1.67 bits per heavy atom. The van der Waals surface area contributed by atoms with E-state index in [0.29, 0.717) is 16.7 Å². The average Bonchev–Trinajstić information content (AvgIpc) is 2.59. The normalized spacial score (nSPS) is 11.6. The predicted octanol–water partition coefficient (Wildman–Crippen LogP) is 3.50. The second-order valence-electron chi connectivity index (χ2n) is 6.06. The molecule has 1 atom stereocenters. The first-order valence-corrected chi connectivity index (χ1v) is 7.85. The zero-order chi connectivity index (χ0) is 17.7. The Hall–Kier alpha value is -2.93. The molecule has 2 rings (SSSR count). The van der Waals surface area contributed by atoms with Gasteiger partial charge in [0.2, 0.25) is 0 Å². The number of rotatable bonds is 5. The lowest BCUT2D eigenvalue weighted by Crippen LogP contribution is -2.44. The predicted molar refractivity (Wildman–Crippen MR) is 92.8 cm³/mol. The van der Waals surface area contributed by atoms with Crippen LogP contribution in [0.1, 0.15) is 45.7 Å². The average molecular weight is 320 g/mol. The fourth-order valence-corrected chi connectivity index (χ4v) is 2.47. The zero-order valence-electron chi connectivity index (χ0n) is 14.0. The first kappa shape index (κ1) is 17.4. The van der Waals surface area contributed by atoms with Crippen LogP contribution in [0.3, 0.4) is 0 Å². The molecule has 4 heteroatoms. The van der Waals surface area contributed by atoms with Crippen LogP contribution in [0.25, 0.3) is 0 Å². The van der Waals surface area contributed by atoms with E-state index < -0.39 is 6.04 Å². The first-order chi connectivity index (χ1) is 11.4. The van der Waals surface area contributed by atoms with E-state index in [4.69, 9.17) is 5.26 Å². The molecular weight excluding hydrogens is 300 g/mol. The summed E-state index contributed by atoms with van der Waals surface area (Å²) in [6.45, 7) is 5.65. The van der Waals surface area contributed by atoms with Crippen molar-refractivity contribution in [3.63, 3.8) is 0 Å². The smallest absolute Gasteiger partial charge is 0.252 e. The highest BCUT2D eigenvalue weighted by molar-refractivity contribution is 6.04. The number of carbonyl (C=O) groups excluding carboxylic acids is 2. The number of ketones is 1. The number of hydrogen-bond acceptors (Lipinski definition) is 3. The van der Waals surface area contributed by atoms with Crippen molar-refractivity contribution in [1.29, 1.82) is 5.26 Å². The van der Waals surface area contributed by atoms with Gasteiger partial charge in [0.25, 0.3) is 5.91 Å². The van der Waals surface area contributed by atoms with Crippen molar-refractivity contribution in [3.05, 3.63) is 70.8 Å². The standard InChI is InChI=1S/C20H20N2O2/c1-13(2)18(19(23)16-10-8-15(12-21)9-11-16)22-20(24)17-7-5-4-6-14(17)3/h4-11,13,18H,1-3H3,(H,22,24).